The summed E-state index contributed by atoms with van der Waals surface area (Å²) < 4.78 is 0. The summed E-state index contributed by atoms with van der Waals surface area (Å²) in [6.07, 6.45) is 4.03. The summed E-state index contributed by atoms with van der Waals surface area (Å²) in [5, 5.41) is 2.17. The summed E-state index contributed by atoms with van der Waals surface area (Å²) in [5.74, 6) is 0. The zero-order valence-corrected chi connectivity index (χ0v) is 9.02. The molecular formula is C11H17NS. The molecule has 0 bridgehead atoms. The number of rotatable bonds is 3. The van der Waals surface area contributed by atoms with E-state index in [0.717, 1.165) is 6.04 Å². The van der Waals surface area contributed by atoms with Crippen LogP contribution < -0.4 is 0 Å². The van der Waals surface area contributed by atoms with Gasteiger partial charge in [0.2, 0.25) is 0 Å². The molecule has 1 saturated heterocycles. The van der Waals surface area contributed by atoms with Gasteiger partial charge < -0.3 is 4.90 Å². The molecule has 1 aliphatic rings. The van der Waals surface area contributed by atoms with Crippen LogP contribution in [0.15, 0.2) is 17.5 Å². The molecule has 0 saturated carbocycles. The van der Waals surface area contributed by atoms with Gasteiger partial charge in [-0.2, -0.15) is 0 Å². The molecule has 0 amide bonds. The van der Waals surface area contributed by atoms with Crippen molar-refractivity contribution >= 4 is 11.3 Å². The zero-order chi connectivity index (χ0) is 9.10. The van der Waals surface area contributed by atoms with Gasteiger partial charge in [-0.3, -0.25) is 0 Å². The molecule has 0 radical (unpaired) electrons. The van der Waals surface area contributed by atoms with E-state index in [1.165, 1.54) is 37.2 Å². The van der Waals surface area contributed by atoms with E-state index in [1.807, 2.05) is 11.3 Å². The Morgan fingerprint density at radius 3 is 3.15 bits per heavy atom. The molecule has 1 aliphatic heterocycles. The Bertz CT molecular complexity index is 243. The summed E-state index contributed by atoms with van der Waals surface area (Å²) in [4.78, 5) is 4.14. The molecule has 2 rings (SSSR count). The monoisotopic (exact) mass is 195 g/mol. The molecule has 2 heteroatoms. The minimum atomic E-state index is 0.819. The Labute approximate surface area is 84.4 Å². The molecule has 1 nitrogen and oxygen atoms in total. The lowest BCUT2D eigenvalue weighted by molar-refractivity contribution is 0.273. The van der Waals surface area contributed by atoms with Gasteiger partial charge in [-0.05, 0) is 44.2 Å². The number of hydrogen-bond donors (Lipinski definition) is 0. The molecule has 72 valence electrons. The molecule has 0 N–H and O–H groups in total. The van der Waals surface area contributed by atoms with Crippen molar-refractivity contribution in [3.05, 3.63) is 22.4 Å². The van der Waals surface area contributed by atoms with Gasteiger partial charge in [-0.15, -0.1) is 11.3 Å². The van der Waals surface area contributed by atoms with Crippen LogP contribution in [0.3, 0.4) is 0 Å². The van der Waals surface area contributed by atoms with Crippen molar-refractivity contribution in [3.8, 4) is 0 Å². The maximum Gasteiger partial charge on any atom is 0.00675 e. The zero-order valence-electron chi connectivity index (χ0n) is 8.20. The summed E-state index contributed by atoms with van der Waals surface area (Å²) in [6.45, 7) is 4.91. The Morgan fingerprint density at radius 1 is 1.62 bits per heavy atom. The van der Waals surface area contributed by atoms with E-state index in [9.17, 15) is 0 Å². The summed E-state index contributed by atoms with van der Waals surface area (Å²) in [5.41, 5.74) is 0. The molecule has 0 aromatic carbocycles. The topological polar surface area (TPSA) is 3.24 Å². The second-order valence-corrected chi connectivity index (χ2v) is 4.89. The van der Waals surface area contributed by atoms with Gasteiger partial charge in [0.05, 0.1) is 0 Å². The van der Waals surface area contributed by atoms with Crippen LogP contribution in [0.25, 0.3) is 0 Å². The third kappa shape index (κ3) is 2.32. The maximum atomic E-state index is 2.61. The molecule has 0 aliphatic carbocycles. The molecule has 1 fully saturated rings. The molecule has 0 spiro atoms. The van der Waals surface area contributed by atoms with E-state index in [1.54, 1.807) is 0 Å². The average Bonchev–Trinajstić information content (AvgIpc) is 2.72. The van der Waals surface area contributed by atoms with Crippen molar-refractivity contribution in [3.63, 3.8) is 0 Å². The first-order valence-electron chi connectivity index (χ1n) is 5.12. The van der Waals surface area contributed by atoms with Crippen LogP contribution in [-0.2, 0) is 6.42 Å². The molecule has 2 heterocycles. The second kappa shape index (κ2) is 4.25. The van der Waals surface area contributed by atoms with Crippen LogP contribution in [0, 0.1) is 0 Å². The fourth-order valence-electron chi connectivity index (χ4n) is 2.03. The van der Waals surface area contributed by atoms with Crippen molar-refractivity contribution in [1.82, 2.24) is 4.90 Å². The third-order valence-electron chi connectivity index (χ3n) is 2.92. The third-order valence-corrected chi connectivity index (χ3v) is 3.85. The SMILES string of the molecule is C[C@H]1CCCN1CCc1cccs1. The Balaban J connectivity index is 1.79. The van der Waals surface area contributed by atoms with E-state index >= 15 is 0 Å². The van der Waals surface area contributed by atoms with Crippen LogP contribution in [-0.4, -0.2) is 24.0 Å². The van der Waals surface area contributed by atoms with Crippen molar-refractivity contribution in [2.45, 2.75) is 32.2 Å². The lowest BCUT2D eigenvalue weighted by atomic mass is 10.2. The summed E-state index contributed by atoms with van der Waals surface area (Å²) in [7, 11) is 0. The second-order valence-electron chi connectivity index (χ2n) is 3.86. The van der Waals surface area contributed by atoms with Crippen LogP contribution in [0.1, 0.15) is 24.6 Å². The average molecular weight is 195 g/mol. The predicted octanol–water partition coefficient (Wildman–Crippen LogP) is 2.77. The first-order valence-corrected chi connectivity index (χ1v) is 6.00. The Morgan fingerprint density at radius 2 is 2.54 bits per heavy atom. The lowest BCUT2D eigenvalue weighted by Gasteiger charge is -2.20. The highest BCUT2D eigenvalue weighted by atomic mass is 32.1. The maximum absolute atomic E-state index is 2.61. The number of hydrogen-bond acceptors (Lipinski definition) is 2. The predicted molar refractivity (Wildman–Crippen MR) is 58.3 cm³/mol. The van der Waals surface area contributed by atoms with Crippen LogP contribution in [0.4, 0.5) is 0 Å². The Hall–Kier alpha value is -0.340. The molecule has 13 heavy (non-hydrogen) atoms. The lowest BCUT2D eigenvalue weighted by Crippen LogP contribution is -2.28. The van der Waals surface area contributed by atoms with Crippen molar-refractivity contribution < 1.29 is 0 Å². The van der Waals surface area contributed by atoms with E-state index in [4.69, 9.17) is 0 Å². The van der Waals surface area contributed by atoms with Gasteiger partial charge in [0, 0.05) is 17.5 Å². The standard InChI is InChI=1S/C11H17NS/c1-10-4-2-7-12(10)8-6-11-5-3-9-13-11/h3,5,9-10H,2,4,6-8H2,1H3/t10-/m0/s1. The van der Waals surface area contributed by atoms with Gasteiger partial charge >= 0.3 is 0 Å². The molecule has 1 aromatic heterocycles. The van der Waals surface area contributed by atoms with Crippen molar-refractivity contribution in [1.29, 1.82) is 0 Å². The Kier molecular flexibility index (Phi) is 3.01. The van der Waals surface area contributed by atoms with E-state index in [2.05, 4.69) is 29.3 Å². The summed E-state index contributed by atoms with van der Waals surface area (Å²) in [6, 6.07) is 5.21. The largest absolute Gasteiger partial charge is 0.300 e. The van der Waals surface area contributed by atoms with Gasteiger partial charge in [0.25, 0.3) is 0 Å². The van der Waals surface area contributed by atoms with Gasteiger partial charge in [0.15, 0.2) is 0 Å². The van der Waals surface area contributed by atoms with E-state index < -0.39 is 0 Å². The highest BCUT2D eigenvalue weighted by molar-refractivity contribution is 7.09. The molecular weight excluding hydrogens is 178 g/mol. The van der Waals surface area contributed by atoms with Crippen LogP contribution >= 0.6 is 11.3 Å². The highest BCUT2D eigenvalue weighted by Crippen LogP contribution is 2.17. The normalized spacial score (nSPS) is 23.9. The van der Waals surface area contributed by atoms with Gasteiger partial charge in [0.1, 0.15) is 0 Å². The minimum absolute atomic E-state index is 0.819. The first-order chi connectivity index (χ1) is 6.36. The van der Waals surface area contributed by atoms with E-state index in [-0.39, 0.29) is 0 Å². The van der Waals surface area contributed by atoms with Gasteiger partial charge in [-0.25, -0.2) is 0 Å². The van der Waals surface area contributed by atoms with Crippen LogP contribution in [0.2, 0.25) is 0 Å². The summed E-state index contributed by atoms with van der Waals surface area (Å²) >= 11 is 1.88. The van der Waals surface area contributed by atoms with E-state index in [0.29, 0.717) is 0 Å². The molecule has 1 atom stereocenters. The minimum Gasteiger partial charge on any atom is -0.300 e. The number of thiophene rings is 1. The van der Waals surface area contributed by atoms with Crippen LogP contribution in [0.5, 0.6) is 0 Å². The fourth-order valence-corrected chi connectivity index (χ4v) is 2.73. The smallest absolute Gasteiger partial charge is 0.00675 e. The van der Waals surface area contributed by atoms with Crippen molar-refractivity contribution in [2.24, 2.45) is 0 Å². The molecule has 0 unspecified atom stereocenters. The fraction of sp³-hybridized carbons (Fsp3) is 0.636. The highest BCUT2D eigenvalue weighted by Gasteiger charge is 2.19. The first kappa shape index (κ1) is 9.22. The number of nitrogens with zero attached hydrogens (tertiary/aromatic N) is 1. The van der Waals surface area contributed by atoms with Crippen molar-refractivity contribution in [2.75, 3.05) is 13.1 Å². The van der Waals surface area contributed by atoms with Gasteiger partial charge in [-0.1, -0.05) is 6.07 Å². The quantitative estimate of drug-likeness (QED) is 0.717. The number of likely N-dealkylation sites (tertiary alicyclic amines) is 1. The molecule has 1 aromatic rings.